The van der Waals surface area contributed by atoms with Crippen molar-refractivity contribution in [2.45, 2.75) is 44.9 Å². The molecule has 1 atom stereocenters. The zero-order chi connectivity index (χ0) is 24.8. The Morgan fingerprint density at radius 1 is 1.09 bits per heavy atom. The van der Waals surface area contributed by atoms with E-state index in [4.69, 9.17) is 4.74 Å². The van der Waals surface area contributed by atoms with Crippen LogP contribution >= 0.6 is 11.8 Å². The molecule has 0 radical (unpaired) electrons. The second-order valence-corrected chi connectivity index (χ2v) is 10.0. The summed E-state index contributed by atoms with van der Waals surface area (Å²) in [5.74, 6) is 1.54. The summed E-state index contributed by atoms with van der Waals surface area (Å²) in [7, 11) is 0. The average Bonchev–Trinajstić information content (AvgIpc) is 3.26. The Bertz CT molecular complexity index is 1160. The number of rotatable bonds is 9. The Morgan fingerprint density at radius 3 is 2.51 bits per heavy atom. The minimum atomic E-state index is -0.182. The summed E-state index contributed by atoms with van der Waals surface area (Å²) in [6.45, 7) is 7.11. The minimum Gasteiger partial charge on any atom is -0.494 e. The van der Waals surface area contributed by atoms with Gasteiger partial charge in [0.25, 0.3) is 5.91 Å². The molecule has 0 aromatic heterocycles. The van der Waals surface area contributed by atoms with Crippen LogP contribution in [0.4, 0.5) is 11.4 Å². The predicted molar refractivity (Wildman–Crippen MR) is 144 cm³/mol. The van der Waals surface area contributed by atoms with Crippen molar-refractivity contribution >= 4 is 35.0 Å². The van der Waals surface area contributed by atoms with Crippen LogP contribution in [0.5, 0.6) is 5.75 Å². The van der Waals surface area contributed by atoms with Crippen molar-refractivity contribution in [3.63, 3.8) is 0 Å². The summed E-state index contributed by atoms with van der Waals surface area (Å²) < 4.78 is 5.68. The van der Waals surface area contributed by atoms with Crippen LogP contribution in [0, 0.1) is 0 Å². The summed E-state index contributed by atoms with van der Waals surface area (Å²) in [5.41, 5.74) is 4.38. The number of ether oxygens (including phenoxy) is 1. The lowest BCUT2D eigenvalue weighted by Crippen LogP contribution is -2.27. The fraction of sp³-hybridized carbons (Fsp3) is 0.310. The molecule has 4 rings (SSSR count). The number of carbonyl (C=O) groups is 2. The standard InChI is InChI=1S/C29H32N2O3S/c1-4-5-17-34-26-15-11-22(12-16-26)28(33)30-24-8-6-7-23(18-24)29-31(27(32)19-35-29)25-13-9-21(10-14-25)20(2)3/h6-16,18,20,29H,4-5,17,19H2,1-3H3,(H,30,33)/t29-/m1/s1. The van der Waals surface area contributed by atoms with Gasteiger partial charge in [-0.05, 0) is 72.0 Å². The largest absolute Gasteiger partial charge is 0.494 e. The van der Waals surface area contributed by atoms with Gasteiger partial charge >= 0.3 is 0 Å². The molecule has 0 spiro atoms. The van der Waals surface area contributed by atoms with Crippen molar-refractivity contribution in [1.29, 1.82) is 0 Å². The highest BCUT2D eigenvalue weighted by Gasteiger charge is 2.34. The van der Waals surface area contributed by atoms with Gasteiger partial charge in [-0.2, -0.15) is 0 Å². The van der Waals surface area contributed by atoms with Crippen LogP contribution in [0.3, 0.4) is 0 Å². The first-order valence-electron chi connectivity index (χ1n) is 12.1. The van der Waals surface area contributed by atoms with E-state index in [0.29, 0.717) is 29.5 Å². The highest BCUT2D eigenvalue weighted by atomic mass is 32.2. The zero-order valence-electron chi connectivity index (χ0n) is 20.5. The first kappa shape index (κ1) is 24.9. The summed E-state index contributed by atoms with van der Waals surface area (Å²) in [5, 5.41) is 2.85. The van der Waals surface area contributed by atoms with Crippen molar-refractivity contribution in [2.75, 3.05) is 22.6 Å². The molecule has 182 valence electrons. The van der Waals surface area contributed by atoms with Gasteiger partial charge in [0, 0.05) is 16.9 Å². The molecule has 0 bridgehead atoms. The van der Waals surface area contributed by atoms with Gasteiger partial charge in [0.1, 0.15) is 11.1 Å². The molecule has 35 heavy (non-hydrogen) atoms. The quantitative estimate of drug-likeness (QED) is 0.329. The molecule has 5 nitrogen and oxygen atoms in total. The maximum absolute atomic E-state index is 12.8. The number of benzene rings is 3. The van der Waals surface area contributed by atoms with Gasteiger partial charge in [0.15, 0.2) is 0 Å². The number of unbranched alkanes of at least 4 members (excludes halogenated alkanes) is 1. The number of hydrogen-bond donors (Lipinski definition) is 1. The van der Waals surface area contributed by atoms with Crippen LogP contribution in [0.1, 0.15) is 66.4 Å². The summed E-state index contributed by atoms with van der Waals surface area (Å²) in [6, 6.07) is 23.1. The minimum absolute atomic E-state index is 0.0907. The van der Waals surface area contributed by atoms with Crippen LogP contribution in [-0.4, -0.2) is 24.2 Å². The zero-order valence-corrected chi connectivity index (χ0v) is 21.3. The molecule has 1 aliphatic rings. The smallest absolute Gasteiger partial charge is 0.255 e. The first-order chi connectivity index (χ1) is 17.0. The van der Waals surface area contributed by atoms with Gasteiger partial charge in [-0.3, -0.25) is 14.5 Å². The van der Waals surface area contributed by atoms with Gasteiger partial charge in [-0.25, -0.2) is 0 Å². The molecular formula is C29H32N2O3S. The van der Waals surface area contributed by atoms with Crippen molar-refractivity contribution in [3.8, 4) is 5.75 Å². The van der Waals surface area contributed by atoms with E-state index in [1.54, 1.807) is 23.9 Å². The van der Waals surface area contributed by atoms with Gasteiger partial charge in [0.05, 0.1) is 12.4 Å². The summed E-state index contributed by atoms with van der Waals surface area (Å²) >= 11 is 1.60. The molecule has 6 heteroatoms. The van der Waals surface area contributed by atoms with Crippen LogP contribution < -0.4 is 15.0 Å². The van der Waals surface area contributed by atoms with E-state index in [0.717, 1.165) is 29.8 Å². The number of amides is 2. The maximum Gasteiger partial charge on any atom is 0.255 e. The molecule has 1 N–H and O–H groups in total. The Labute approximate surface area is 211 Å². The third-order valence-corrected chi connectivity index (χ3v) is 7.23. The van der Waals surface area contributed by atoms with E-state index in [9.17, 15) is 9.59 Å². The van der Waals surface area contributed by atoms with E-state index in [-0.39, 0.29) is 17.2 Å². The van der Waals surface area contributed by atoms with Crippen molar-refractivity contribution in [2.24, 2.45) is 0 Å². The second-order valence-electron chi connectivity index (χ2n) is 8.98. The lowest BCUT2D eigenvalue weighted by molar-refractivity contribution is -0.115. The number of hydrogen-bond acceptors (Lipinski definition) is 4. The third-order valence-electron chi connectivity index (χ3n) is 6.02. The first-order valence-corrected chi connectivity index (χ1v) is 13.2. The summed E-state index contributed by atoms with van der Waals surface area (Å²) in [4.78, 5) is 27.4. The van der Waals surface area contributed by atoms with E-state index in [2.05, 4.69) is 38.2 Å². The molecule has 3 aromatic carbocycles. The molecule has 3 aromatic rings. The molecule has 1 heterocycles. The van der Waals surface area contributed by atoms with Crippen LogP contribution in [0.15, 0.2) is 72.8 Å². The van der Waals surface area contributed by atoms with Crippen LogP contribution in [0.2, 0.25) is 0 Å². The van der Waals surface area contributed by atoms with Crippen molar-refractivity contribution < 1.29 is 14.3 Å². The number of nitrogens with one attached hydrogen (secondary N) is 1. The van der Waals surface area contributed by atoms with Crippen LogP contribution in [0.25, 0.3) is 0 Å². The van der Waals surface area contributed by atoms with E-state index in [1.807, 2.05) is 53.4 Å². The topological polar surface area (TPSA) is 58.6 Å². The Hall–Kier alpha value is -3.25. The summed E-state index contributed by atoms with van der Waals surface area (Å²) in [6.07, 6.45) is 2.08. The average molecular weight is 489 g/mol. The molecule has 1 fully saturated rings. The highest BCUT2D eigenvalue weighted by Crippen LogP contribution is 2.42. The van der Waals surface area contributed by atoms with Gasteiger partial charge in [0.2, 0.25) is 5.91 Å². The van der Waals surface area contributed by atoms with Crippen LogP contribution in [-0.2, 0) is 4.79 Å². The maximum atomic E-state index is 12.8. The normalized spacial score (nSPS) is 15.5. The fourth-order valence-electron chi connectivity index (χ4n) is 3.98. The van der Waals surface area contributed by atoms with E-state index < -0.39 is 0 Å². The monoisotopic (exact) mass is 488 g/mol. The predicted octanol–water partition coefficient (Wildman–Crippen LogP) is 7.02. The van der Waals surface area contributed by atoms with Gasteiger partial charge in [-0.1, -0.05) is 51.5 Å². The lowest BCUT2D eigenvalue weighted by atomic mass is 10.0. The number of nitrogens with zero attached hydrogens (tertiary/aromatic N) is 1. The van der Waals surface area contributed by atoms with Gasteiger partial charge in [-0.15, -0.1) is 11.8 Å². The lowest BCUT2D eigenvalue weighted by Gasteiger charge is -2.25. The van der Waals surface area contributed by atoms with Crippen molar-refractivity contribution in [1.82, 2.24) is 0 Å². The van der Waals surface area contributed by atoms with E-state index in [1.165, 1.54) is 5.56 Å². The molecule has 0 aliphatic carbocycles. The molecule has 1 aliphatic heterocycles. The fourth-order valence-corrected chi connectivity index (χ4v) is 5.15. The number of anilines is 2. The molecule has 0 unspecified atom stereocenters. The van der Waals surface area contributed by atoms with Gasteiger partial charge < -0.3 is 10.1 Å². The number of carbonyl (C=O) groups excluding carboxylic acids is 2. The Balaban J connectivity index is 1.47. The van der Waals surface area contributed by atoms with Crippen molar-refractivity contribution in [3.05, 3.63) is 89.5 Å². The highest BCUT2D eigenvalue weighted by molar-refractivity contribution is 8.00. The SMILES string of the molecule is CCCCOc1ccc(C(=O)Nc2cccc([C@H]3SCC(=O)N3c3ccc(C(C)C)cc3)c2)cc1. The molecule has 2 amide bonds. The van der Waals surface area contributed by atoms with E-state index >= 15 is 0 Å². The Morgan fingerprint density at radius 2 is 1.83 bits per heavy atom. The second kappa shape index (κ2) is 11.5. The molecule has 1 saturated heterocycles. The third kappa shape index (κ3) is 6.06. The molecular weight excluding hydrogens is 456 g/mol. The number of thioether (sulfide) groups is 1. The Kier molecular flexibility index (Phi) is 8.13. The molecule has 0 saturated carbocycles.